The van der Waals surface area contributed by atoms with Crippen molar-refractivity contribution in [2.24, 2.45) is 0 Å². The van der Waals surface area contributed by atoms with Gasteiger partial charge in [0.1, 0.15) is 11.6 Å². The first-order valence-electron chi connectivity index (χ1n) is 4.28. The van der Waals surface area contributed by atoms with Gasteiger partial charge < -0.3 is 5.32 Å². The summed E-state index contributed by atoms with van der Waals surface area (Å²) in [6, 6.07) is 0.0231. The monoisotopic (exact) mass is 171 g/mol. The Morgan fingerprint density at radius 2 is 1.92 bits per heavy atom. The molecule has 0 saturated carbocycles. The van der Waals surface area contributed by atoms with Gasteiger partial charge >= 0.3 is 0 Å². The van der Waals surface area contributed by atoms with E-state index in [4.69, 9.17) is 0 Å². The van der Waals surface area contributed by atoms with E-state index >= 15 is 0 Å². The van der Waals surface area contributed by atoms with Crippen LogP contribution in [-0.4, -0.2) is 24.7 Å². The molecular weight excluding hydrogens is 154 g/mol. The van der Waals surface area contributed by atoms with E-state index in [0.29, 0.717) is 19.3 Å². The van der Waals surface area contributed by atoms with E-state index in [1.54, 1.807) is 14.0 Å². The Labute approximate surface area is 73.5 Å². The molecule has 70 valence electrons. The van der Waals surface area contributed by atoms with Crippen molar-refractivity contribution in [2.75, 3.05) is 7.05 Å². The summed E-state index contributed by atoms with van der Waals surface area (Å²) in [6.45, 7) is 3.38. The highest BCUT2D eigenvalue weighted by Gasteiger charge is 2.11. The lowest BCUT2D eigenvalue weighted by atomic mass is 10.0. The SMILES string of the molecule is CCC(=O)CC(CC(C)=O)NC. The normalized spacial score (nSPS) is 12.6. The fraction of sp³-hybridized carbons (Fsp3) is 0.778. The molecule has 0 amide bonds. The summed E-state index contributed by atoms with van der Waals surface area (Å²) in [5, 5.41) is 2.96. The molecule has 0 fully saturated rings. The summed E-state index contributed by atoms with van der Waals surface area (Å²) in [7, 11) is 1.77. The van der Waals surface area contributed by atoms with Crippen molar-refractivity contribution in [3.8, 4) is 0 Å². The number of Topliss-reactive ketones (excluding diaryl/α,β-unsaturated/α-hetero) is 2. The van der Waals surface area contributed by atoms with Gasteiger partial charge in [0.25, 0.3) is 0 Å². The molecule has 0 spiro atoms. The van der Waals surface area contributed by atoms with E-state index in [2.05, 4.69) is 5.32 Å². The maximum absolute atomic E-state index is 11.0. The number of carbonyl (C=O) groups excluding carboxylic acids is 2. The molecule has 0 bridgehead atoms. The second-order valence-electron chi connectivity index (χ2n) is 2.99. The molecular formula is C9H17NO2. The second kappa shape index (κ2) is 5.89. The van der Waals surface area contributed by atoms with Crippen LogP contribution in [0.3, 0.4) is 0 Å². The van der Waals surface area contributed by atoms with Crippen LogP contribution >= 0.6 is 0 Å². The summed E-state index contributed by atoms with van der Waals surface area (Å²) < 4.78 is 0. The minimum Gasteiger partial charge on any atom is -0.316 e. The number of ketones is 2. The Hall–Kier alpha value is -0.700. The molecule has 3 heteroatoms. The van der Waals surface area contributed by atoms with Crippen molar-refractivity contribution in [1.29, 1.82) is 0 Å². The lowest BCUT2D eigenvalue weighted by molar-refractivity contribution is -0.120. The Bertz CT molecular complexity index is 166. The summed E-state index contributed by atoms with van der Waals surface area (Å²) in [5.41, 5.74) is 0. The molecule has 1 unspecified atom stereocenters. The van der Waals surface area contributed by atoms with Crippen LogP contribution in [-0.2, 0) is 9.59 Å². The topological polar surface area (TPSA) is 46.2 Å². The summed E-state index contributed by atoms with van der Waals surface area (Å²) >= 11 is 0. The van der Waals surface area contributed by atoms with Gasteiger partial charge in [0.15, 0.2) is 0 Å². The van der Waals surface area contributed by atoms with Crippen molar-refractivity contribution in [1.82, 2.24) is 5.32 Å². The molecule has 1 N–H and O–H groups in total. The number of carbonyl (C=O) groups is 2. The van der Waals surface area contributed by atoms with Gasteiger partial charge in [-0.25, -0.2) is 0 Å². The van der Waals surface area contributed by atoms with Gasteiger partial charge in [-0.2, -0.15) is 0 Å². The van der Waals surface area contributed by atoms with Crippen LogP contribution in [0.2, 0.25) is 0 Å². The molecule has 0 heterocycles. The fourth-order valence-electron chi connectivity index (χ4n) is 1.04. The molecule has 0 aliphatic rings. The number of rotatable bonds is 6. The molecule has 0 radical (unpaired) electrons. The first kappa shape index (κ1) is 11.3. The van der Waals surface area contributed by atoms with Crippen molar-refractivity contribution >= 4 is 11.6 Å². The van der Waals surface area contributed by atoms with Gasteiger partial charge in [-0.3, -0.25) is 9.59 Å². The van der Waals surface area contributed by atoms with E-state index in [1.165, 1.54) is 0 Å². The largest absolute Gasteiger partial charge is 0.316 e. The van der Waals surface area contributed by atoms with E-state index in [1.807, 2.05) is 6.92 Å². The highest BCUT2D eigenvalue weighted by Crippen LogP contribution is 2.01. The molecule has 3 nitrogen and oxygen atoms in total. The maximum Gasteiger partial charge on any atom is 0.134 e. The summed E-state index contributed by atoms with van der Waals surface area (Å²) in [6.07, 6.45) is 1.46. The van der Waals surface area contributed by atoms with Crippen LogP contribution in [0.15, 0.2) is 0 Å². The maximum atomic E-state index is 11.0. The van der Waals surface area contributed by atoms with E-state index in [-0.39, 0.29) is 17.6 Å². The minimum atomic E-state index is 0.0231. The first-order chi connectivity index (χ1) is 5.60. The Morgan fingerprint density at radius 1 is 1.33 bits per heavy atom. The third kappa shape index (κ3) is 5.02. The molecule has 1 atom stereocenters. The van der Waals surface area contributed by atoms with Crippen LogP contribution < -0.4 is 5.32 Å². The van der Waals surface area contributed by atoms with Crippen LogP contribution in [0.25, 0.3) is 0 Å². The van der Waals surface area contributed by atoms with Gasteiger partial charge in [0.2, 0.25) is 0 Å². The predicted octanol–water partition coefficient (Wildman–Crippen LogP) is 0.923. The second-order valence-corrected chi connectivity index (χ2v) is 2.99. The van der Waals surface area contributed by atoms with Gasteiger partial charge in [-0.15, -0.1) is 0 Å². The van der Waals surface area contributed by atoms with Gasteiger partial charge in [-0.1, -0.05) is 6.92 Å². The quantitative estimate of drug-likeness (QED) is 0.646. The van der Waals surface area contributed by atoms with Crippen molar-refractivity contribution < 1.29 is 9.59 Å². The molecule has 0 aliphatic heterocycles. The molecule has 0 rings (SSSR count). The van der Waals surface area contributed by atoms with Gasteiger partial charge in [0.05, 0.1) is 0 Å². The van der Waals surface area contributed by atoms with Crippen molar-refractivity contribution in [2.45, 2.75) is 39.2 Å². The Morgan fingerprint density at radius 3 is 2.25 bits per heavy atom. The smallest absolute Gasteiger partial charge is 0.134 e. The molecule has 0 aromatic rings. The predicted molar refractivity (Wildman–Crippen MR) is 48.1 cm³/mol. The molecule has 0 saturated heterocycles. The molecule has 12 heavy (non-hydrogen) atoms. The van der Waals surface area contributed by atoms with Crippen LogP contribution in [0.4, 0.5) is 0 Å². The number of hydrogen-bond donors (Lipinski definition) is 1. The Balaban J connectivity index is 3.82. The molecule has 0 aromatic carbocycles. The summed E-state index contributed by atoms with van der Waals surface area (Å²) in [5.74, 6) is 0.328. The average Bonchev–Trinajstić information content (AvgIpc) is 2.02. The first-order valence-corrected chi connectivity index (χ1v) is 4.28. The number of hydrogen-bond acceptors (Lipinski definition) is 3. The third-order valence-electron chi connectivity index (χ3n) is 1.81. The van der Waals surface area contributed by atoms with Crippen molar-refractivity contribution in [3.05, 3.63) is 0 Å². The van der Waals surface area contributed by atoms with E-state index in [0.717, 1.165) is 0 Å². The zero-order chi connectivity index (χ0) is 9.56. The zero-order valence-corrected chi connectivity index (χ0v) is 8.02. The molecule has 0 aromatic heterocycles. The third-order valence-corrected chi connectivity index (χ3v) is 1.81. The highest BCUT2D eigenvalue weighted by molar-refractivity contribution is 5.81. The standard InChI is InChI=1S/C9H17NO2/c1-4-9(12)6-8(10-3)5-7(2)11/h8,10H,4-6H2,1-3H3. The fourth-order valence-corrected chi connectivity index (χ4v) is 1.04. The van der Waals surface area contributed by atoms with Crippen LogP contribution in [0.1, 0.15) is 33.1 Å². The molecule has 0 aliphatic carbocycles. The Kier molecular flexibility index (Phi) is 5.54. The minimum absolute atomic E-state index is 0.0231. The lowest BCUT2D eigenvalue weighted by Gasteiger charge is -2.12. The van der Waals surface area contributed by atoms with E-state index < -0.39 is 0 Å². The van der Waals surface area contributed by atoms with Gasteiger partial charge in [0, 0.05) is 25.3 Å². The lowest BCUT2D eigenvalue weighted by Crippen LogP contribution is -2.29. The van der Waals surface area contributed by atoms with Crippen LogP contribution in [0.5, 0.6) is 0 Å². The van der Waals surface area contributed by atoms with Crippen LogP contribution in [0, 0.1) is 0 Å². The summed E-state index contributed by atoms with van der Waals surface area (Å²) in [4.78, 5) is 21.7. The average molecular weight is 171 g/mol. The van der Waals surface area contributed by atoms with E-state index in [9.17, 15) is 9.59 Å². The highest BCUT2D eigenvalue weighted by atomic mass is 16.1. The number of nitrogens with one attached hydrogen (secondary N) is 1. The van der Waals surface area contributed by atoms with Gasteiger partial charge in [-0.05, 0) is 14.0 Å². The zero-order valence-electron chi connectivity index (χ0n) is 8.02. The van der Waals surface area contributed by atoms with Crippen molar-refractivity contribution in [3.63, 3.8) is 0 Å².